The third-order valence-corrected chi connectivity index (χ3v) is 10.9. The van der Waals surface area contributed by atoms with Gasteiger partial charge >= 0.3 is 20.8 Å². The monoisotopic (exact) mass is 774 g/mol. The van der Waals surface area contributed by atoms with E-state index in [1.54, 1.807) is 18.2 Å². The molecular formula is C32H41BN6O12P2. The number of nitrogens with one attached hydrogen (secondary N) is 3. The fourth-order valence-corrected chi connectivity index (χ4v) is 6.93. The Balaban J connectivity index is 1.37. The number of rotatable bonds is 17. The lowest BCUT2D eigenvalue weighted by Gasteiger charge is -2.25. The van der Waals surface area contributed by atoms with Gasteiger partial charge in [-0.2, -0.15) is 0 Å². The van der Waals surface area contributed by atoms with Crippen LogP contribution in [0.5, 0.6) is 11.5 Å². The first-order valence-corrected chi connectivity index (χ1v) is 19.6. The molecule has 0 saturated carbocycles. The zero-order valence-corrected chi connectivity index (χ0v) is 31.0. The molecule has 6 N–H and O–H groups in total. The van der Waals surface area contributed by atoms with Crippen molar-refractivity contribution in [1.29, 1.82) is 0 Å². The normalized spacial score (nSPS) is 14.4. The van der Waals surface area contributed by atoms with Crippen molar-refractivity contribution in [1.82, 2.24) is 25.9 Å². The Morgan fingerprint density at radius 2 is 1.74 bits per heavy atom. The van der Waals surface area contributed by atoms with Crippen LogP contribution in [-0.4, -0.2) is 86.7 Å². The summed E-state index contributed by atoms with van der Waals surface area (Å²) in [6.45, 7) is 3.71. The van der Waals surface area contributed by atoms with Crippen LogP contribution in [0.1, 0.15) is 49.2 Å². The number of benzene rings is 2. The molecule has 4 atom stereocenters. The molecule has 1 aliphatic rings. The summed E-state index contributed by atoms with van der Waals surface area (Å²) in [6.07, 6.45) is 3.62. The molecule has 0 saturated heterocycles. The molecule has 3 aromatic rings. The molecule has 284 valence electrons. The number of carbonyl (C=O) groups excluding carboxylic acids is 4. The van der Waals surface area contributed by atoms with Gasteiger partial charge in [-0.1, -0.05) is 44.2 Å². The second-order valence-electron chi connectivity index (χ2n) is 12.5. The van der Waals surface area contributed by atoms with Gasteiger partial charge in [0.1, 0.15) is 23.2 Å². The van der Waals surface area contributed by atoms with E-state index >= 15 is 0 Å². The number of aromatic nitrogens is 2. The van der Waals surface area contributed by atoms with E-state index in [2.05, 4.69) is 20.6 Å². The van der Waals surface area contributed by atoms with Crippen molar-refractivity contribution >= 4 is 52.2 Å². The van der Waals surface area contributed by atoms with Gasteiger partial charge in [0.15, 0.2) is 0 Å². The Morgan fingerprint density at radius 1 is 1.02 bits per heavy atom. The number of anilines is 1. The minimum absolute atomic E-state index is 0.0341. The van der Waals surface area contributed by atoms with Gasteiger partial charge in [0.2, 0.25) is 25.4 Å². The van der Waals surface area contributed by atoms with Crippen LogP contribution in [0.2, 0.25) is 0 Å². The summed E-state index contributed by atoms with van der Waals surface area (Å²) < 4.78 is 40.0. The second-order valence-corrected chi connectivity index (χ2v) is 15.9. The predicted molar refractivity (Wildman–Crippen MR) is 192 cm³/mol. The van der Waals surface area contributed by atoms with Gasteiger partial charge < -0.3 is 44.7 Å². The van der Waals surface area contributed by atoms with Crippen LogP contribution in [0.25, 0.3) is 0 Å². The molecule has 4 rings (SSSR count). The van der Waals surface area contributed by atoms with Gasteiger partial charge in [-0.15, -0.1) is 0 Å². The van der Waals surface area contributed by atoms with Crippen LogP contribution in [0.15, 0.2) is 67.1 Å². The maximum atomic E-state index is 13.8. The standard InChI is InChI=1S/C32H41BN6O12P2/c1-20(2)16-27(37-29(41)23(17-21-8-5-4-6-9-21)36-30(42)24-19-34-13-14-35-24)33-50-25-12-11-22(18-26(25)51-33)39(3)32(43)49-15-7-10-28(40)38-31(52(44)45)53(46,47)48/h4-6,8-9,11-14,18-20,23,27,31,52H,7,10,15-17H2,1-3H3,(H,36,42)(H,37,41)(H,38,40)(H,44,45)(H2,46,47,48)/t23-,27-,31?/m0/s1. The summed E-state index contributed by atoms with van der Waals surface area (Å²) >= 11 is 0. The summed E-state index contributed by atoms with van der Waals surface area (Å²) in [6, 6.07) is 13.0. The van der Waals surface area contributed by atoms with E-state index in [0.717, 1.165) is 5.56 Å². The average Bonchev–Trinajstić information content (AvgIpc) is 3.55. The van der Waals surface area contributed by atoms with Crippen LogP contribution >= 0.6 is 15.6 Å². The Kier molecular flexibility index (Phi) is 14.5. The third kappa shape index (κ3) is 12.1. The number of carbonyl (C=O) groups is 4. The first-order valence-electron chi connectivity index (χ1n) is 16.5. The smallest absolute Gasteiger partial charge is 0.522 e. The summed E-state index contributed by atoms with van der Waals surface area (Å²) in [4.78, 5) is 88.1. The van der Waals surface area contributed by atoms with Crippen molar-refractivity contribution < 1.29 is 57.0 Å². The largest absolute Gasteiger partial charge is 0.618 e. The highest BCUT2D eigenvalue weighted by Crippen LogP contribution is 2.50. The predicted octanol–water partition coefficient (Wildman–Crippen LogP) is 2.24. The highest BCUT2D eigenvalue weighted by molar-refractivity contribution is 7.65. The molecule has 2 aromatic carbocycles. The Hall–Kier alpha value is -4.80. The topological polar surface area (TPSA) is 256 Å². The number of ether oxygens (including phenoxy) is 1. The average molecular weight is 774 g/mol. The molecule has 0 aliphatic carbocycles. The zero-order chi connectivity index (χ0) is 38.7. The van der Waals surface area contributed by atoms with Crippen molar-refractivity contribution in [2.75, 3.05) is 18.6 Å². The molecule has 2 unspecified atom stereocenters. The van der Waals surface area contributed by atoms with Gasteiger partial charge in [0, 0.05) is 38.3 Å². The number of nitrogens with zero attached hydrogens (tertiary/aromatic N) is 3. The van der Waals surface area contributed by atoms with Crippen LogP contribution in [0.3, 0.4) is 0 Å². The molecular weight excluding hydrogens is 733 g/mol. The molecule has 18 nitrogen and oxygen atoms in total. The van der Waals surface area contributed by atoms with Gasteiger partial charge in [0.25, 0.3) is 5.91 Å². The highest BCUT2D eigenvalue weighted by Gasteiger charge is 2.43. The maximum Gasteiger partial charge on any atom is 0.618 e. The lowest BCUT2D eigenvalue weighted by Crippen LogP contribution is -2.57. The van der Waals surface area contributed by atoms with Crippen LogP contribution in [-0.2, 0) is 29.9 Å². The SMILES string of the molecule is CC(C)C[C@H](NC(=O)[C@H](Cc1ccccc1)NC(=O)c1cnccn1)B1Oc2ccc(N(C)C(=O)OCCCC(=O)NC([PH](=O)O)P(=O)(O)O)cc2O1. The molecule has 0 fully saturated rings. The van der Waals surface area contributed by atoms with Crippen LogP contribution in [0, 0.1) is 5.92 Å². The third-order valence-electron chi connectivity index (χ3n) is 7.80. The fraction of sp³-hybridized carbons (Fsp3) is 0.375. The van der Waals surface area contributed by atoms with Gasteiger partial charge in [-0.3, -0.25) is 33.4 Å². The lowest BCUT2D eigenvalue weighted by atomic mass is 9.74. The number of hydrogen-bond donors (Lipinski definition) is 6. The lowest BCUT2D eigenvalue weighted by molar-refractivity contribution is -0.123. The first-order chi connectivity index (χ1) is 25.1. The van der Waals surface area contributed by atoms with Crippen molar-refractivity contribution in [3.05, 3.63) is 78.4 Å². The van der Waals surface area contributed by atoms with E-state index in [9.17, 15) is 28.3 Å². The fourth-order valence-electron chi connectivity index (χ4n) is 5.18. The van der Waals surface area contributed by atoms with E-state index in [1.165, 1.54) is 30.5 Å². The molecule has 1 aliphatic heterocycles. The summed E-state index contributed by atoms with van der Waals surface area (Å²) in [5, 5.41) is 7.60. The molecule has 53 heavy (non-hydrogen) atoms. The van der Waals surface area contributed by atoms with Gasteiger partial charge in [-0.05, 0) is 36.5 Å². The number of amides is 4. The molecule has 2 heterocycles. The van der Waals surface area contributed by atoms with Gasteiger partial charge in [0.05, 0.1) is 24.4 Å². The van der Waals surface area contributed by atoms with Crippen molar-refractivity contribution in [2.45, 2.75) is 57.0 Å². The minimum Gasteiger partial charge on any atom is -0.522 e. The van der Waals surface area contributed by atoms with Crippen molar-refractivity contribution in [2.24, 2.45) is 5.92 Å². The molecule has 0 spiro atoms. The van der Waals surface area contributed by atoms with E-state index in [1.807, 2.05) is 49.5 Å². The van der Waals surface area contributed by atoms with E-state index in [0.29, 0.717) is 23.6 Å². The van der Waals surface area contributed by atoms with Crippen LogP contribution in [0.4, 0.5) is 10.5 Å². The summed E-state index contributed by atoms with van der Waals surface area (Å²) in [7, 11) is -8.30. The molecule has 0 radical (unpaired) electrons. The Bertz CT molecular complexity index is 1820. The Morgan fingerprint density at radius 3 is 2.38 bits per heavy atom. The van der Waals surface area contributed by atoms with Crippen molar-refractivity contribution in [3.63, 3.8) is 0 Å². The number of hydrogen-bond acceptors (Lipinski definition) is 11. The molecule has 1 aromatic heterocycles. The molecule has 21 heteroatoms. The number of fused-ring (bicyclic) bond motifs is 1. The van der Waals surface area contributed by atoms with Crippen molar-refractivity contribution in [3.8, 4) is 11.5 Å². The second kappa shape index (κ2) is 18.8. The zero-order valence-electron chi connectivity index (χ0n) is 29.1. The molecule has 0 bridgehead atoms. The van der Waals surface area contributed by atoms with E-state index < -0.39 is 64.1 Å². The van der Waals surface area contributed by atoms with Crippen LogP contribution < -0.4 is 30.2 Å². The summed E-state index contributed by atoms with van der Waals surface area (Å²) in [5.41, 5.74) is -0.952. The Labute approximate surface area is 306 Å². The maximum absolute atomic E-state index is 13.8. The highest BCUT2D eigenvalue weighted by atomic mass is 31.2. The van der Waals surface area contributed by atoms with E-state index in [4.69, 9.17) is 28.7 Å². The quantitative estimate of drug-likeness (QED) is 0.0654. The van der Waals surface area contributed by atoms with Gasteiger partial charge in [-0.25, -0.2) is 9.78 Å². The minimum atomic E-state index is -5.04. The molecule has 4 amide bonds. The van der Waals surface area contributed by atoms with E-state index in [-0.39, 0.29) is 37.5 Å². The first kappa shape index (κ1) is 41.0. The summed E-state index contributed by atoms with van der Waals surface area (Å²) in [5.74, 6) is -1.81.